The molecule has 5 amide bonds. The van der Waals surface area contributed by atoms with Crippen molar-refractivity contribution in [3.05, 3.63) is 0 Å². The summed E-state index contributed by atoms with van der Waals surface area (Å²) >= 11 is 0. The molecule has 6 N–H and O–H groups in total. The molecule has 8 atom stereocenters. The smallest absolute Gasteiger partial charge is 0.325 e. The Hall–Kier alpha value is -3.26. The molecule has 0 aromatic carbocycles. The fourth-order valence-corrected chi connectivity index (χ4v) is 5.25. The molecule has 264 valence electrons. The first-order chi connectivity index (χ1) is 21.6. The monoisotopic (exact) mass is 655 g/mol. The summed E-state index contributed by atoms with van der Waals surface area (Å²) < 4.78 is 5.71. The van der Waals surface area contributed by atoms with Crippen LogP contribution in [-0.4, -0.2) is 107 Å². The second-order valence-corrected chi connectivity index (χ2v) is 12.8. The summed E-state index contributed by atoms with van der Waals surface area (Å²) in [5.41, 5.74) is 0. The maximum atomic E-state index is 13.9. The summed E-state index contributed by atoms with van der Waals surface area (Å²) in [5.74, 6) is -5.66. The third kappa shape index (κ3) is 12.5. The predicted octanol–water partition coefficient (Wildman–Crippen LogP) is 0.381. The van der Waals surface area contributed by atoms with E-state index in [1.807, 2.05) is 20.8 Å². The molecule has 1 heterocycles. The standard InChI is InChI=1S/C32H57N5O9/c1-9-11-12-13-14-24-20(6)32(45)37(8)23(15-18(3)4)29(42)35-26(19(5)10-2)31(44)34-22(17-38)28(41)36-27(21(7)39)30(43)33-16-25(40)46-24/h18-24,26-27,38-39H,9-17H2,1-8H3,(H,33,43)(H,34,44)(H,35,42)(H,36,41)/t19-,20?,21+,22+,23+,24?,26?,27+/m1/s1. The maximum Gasteiger partial charge on any atom is 0.325 e. The minimum Gasteiger partial charge on any atom is -0.460 e. The first kappa shape index (κ1) is 40.8. The molecule has 1 rings (SSSR count). The van der Waals surface area contributed by atoms with Crippen LogP contribution in [0.2, 0.25) is 0 Å². The Morgan fingerprint density at radius 3 is 2.04 bits per heavy atom. The van der Waals surface area contributed by atoms with Crippen LogP contribution in [0, 0.1) is 17.8 Å². The molecule has 0 aliphatic carbocycles. The van der Waals surface area contributed by atoms with Gasteiger partial charge in [-0.3, -0.25) is 28.8 Å². The average Bonchev–Trinajstić information content (AvgIpc) is 3.01. The minimum absolute atomic E-state index is 0.00519. The van der Waals surface area contributed by atoms with Crippen molar-refractivity contribution in [1.82, 2.24) is 26.2 Å². The average molecular weight is 656 g/mol. The van der Waals surface area contributed by atoms with Crippen molar-refractivity contribution in [3.8, 4) is 0 Å². The number of carbonyl (C=O) groups excluding carboxylic acids is 6. The number of amides is 5. The highest BCUT2D eigenvalue weighted by molar-refractivity contribution is 5.96. The van der Waals surface area contributed by atoms with E-state index in [1.54, 1.807) is 13.8 Å². The highest BCUT2D eigenvalue weighted by Crippen LogP contribution is 2.22. The molecular formula is C32H57N5O9. The normalized spacial score (nSPS) is 27.8. The van der Waals surface area contributed by atoms with Gasteiger partial charge < -0.3 is 41.1 Å². The molecule has 0 saturated carbocycles. The Bertz CT molecular complexity index is 1040. The van der Waals surface area contributed by atoms with Crippen LogP contribution in [0.4, 0.5) is 0 Å². The molecule has 0 bridgehead atoms. The Kier molecular flexibility index (Phi) is 17.8. The van der Waals surface area contributed by atoms with Crippen LogP contribution in [0.1, 0.15) is 93.4 Å². The van der Waals surface area contributed by atoms with E-state index in [2.05, 4.69) is 28.2 Å². The van der Waals surface area contributed by atoms with E-state index in [0.29, 0.717) is 19.3 Å². The second kappa shape index (κ2) is 20.1. The number of hydrogen-bond acceptors (Lipinski definition) is 9. The first-order valence-electron chi connectivity index (χ1n) is 16.5. The van der Waals surface area contributed by atoms with E-state index in [4.69, 9.17) is 4.74 Å². The van der Waals surface area contributed by atoms with E-state index >= 15 is 0 Å². The lowest BCUT2D eigenvalue weighted by Gasteiger charge is -2.34. The maximum absolute atomic E-state index is 13.9. The zero-order valence-electron chi connectivity index (χ0n) is 28.8. The number of rotatable bonds is 11. The quantitative estimate of drug-likeness (QED) is 0.134. The highest BCUT2D eigenvalue weighted by Gasteiger charge is 2.38. The Labute approximate surface area is 273 Å². The van der Waals surface area contributed by atoms with E-state index in [1.165, 1.54) is 18.9 Å². The number of aliphatic hydroxyl groups excluding tert-OH is 2. The minimum atomic E-state index is -1.53. The van der Waals surface area contributed by atoms with Crippen LogP contribution >= 0.6 is 0 Å². The Balaban J connectivity index is 3.62. The fraction of sp³-hybridized carbons (Fsp3) is 0.812. The third-order valence-electron chi connectivity index (χ3n) is 8.46. The largest absolute Gasteiger partial charge is 0.460 e. The molecule has 1 aliphatic rings. The number of aliphatic hydroxyl groups is 2. The van der Waals surface area contributed by atoms with E-state index < -0.39 is 96.9 Å². The zero-order valence-corrected chi connectivity index (χ0v) is 28.8. The number of hydrogen-bond donors (Lipinski definition) is 6. The lowest BCUT2D eigenvalue weighted by Crippen LogP contribution is -2.61. The van der Waals surface area contributed by atoms with Gasteiger partial charge in [-0.15, -0.1) is 0 Å². The van der Waals surface area contributed by atoms with Gasteiger partial charge in [-0.25, -0.2) is 0 Å². The molecule has 0 radical (unpaired) electrons. The third-order valence-corrected chi connectivity index (χ3v) is 8.46. The van der Waals surface area contributed by atoms with Crippen LogP contribution in [0.5, 0.6) is 0 Å². The van der Waals surface area contributed by atoms with Crippen molar-refractivity contribution < 1.29 is 43.7 Å². The van der Waals surface area contributed by atoms with Gasteiger partial charge in [0.25, 0.3) is 0 Å². The van der Waals surface area contributed by atoms with Gasteiger partial charge >= 0.3 is 5.97 Å². The van der Waals surface area contributed by atoms with Gasteiger partial charge in [-0.1, -0.05) is 67.2 Å². The van der Waals surface area contributed by atoms with Crippen molar-refractivity contribution in [1.29, 1.82) is 0 Å². The van der Waals surface area contributed by atoms with E-state index in [9.17, 15) is 39.0 Å². The molecule has 1 aliphatic heterocycles. The number of nitrogens with one attached hydrogen (secondary N) is 4. The molecule has 0 spiro atoms. The lowest BCUT2D eigenvalue weighted by molar-refractivity contribution is -0.157. The summed E-state index contributed by atoms with van der Waals surface area (Å²) in [6, 6.07) is -5.15. The number of cyclic esters (lactones) is 1. The van der Waals surface area contributed by atoms with Crippen molar-refractivity contribution in [2.45, 2.75) is 130 Å². The zero-order chi connectivity index (χ0) is 35.1. The molecule has 14 nitrogen and oxygen atoms in total. The second-order valence-electron chi connectivity index (χ2n) is 12.8. The van der Waals surface area contributed by atoms with Crippen LogP contribution in [0.25, 0.3) is 0 Å². The van der Waals surface area contributed by atoms with Gasteiger partial charge in [0.1, 0.15) is 36.8 Å². The van der Waals surface area contributed by atoms with Gasteiger partial charge in [-0.05, 0) is 38.0 Å². The Morgan fingerprint density at radius 2 is 1.50 bits per heavy atom. The fourth-order valence-electron chi connectivity index (χ4n) is 5.25. The number of ether oxygens (including phenoxy) is 1. The van der Waals surface area contributed by atoms with Crippen LogP contribution in [0.3, 0.4) is 0 Å². The molecule has 1 saturated heterocycles. The van der Waals surface area contributed by atoms with Crippen molar-refractivity contribution in [3.63, 3.8) is 0 Å². The van der Waals surface area contributed by atoms with Gasteiger partial charge in [0.05, 0.1) is 18.6 Å². The number of likely N-dealkylation sites (N-methyl/N-ethyl adjacent to an activating group) is 1. The van der Waals surface area contributed by atoms with Gasteiger partial charge in [-0.2, -0.15) is 0 Å². The van der Waals surface area contributed by atoms with Gasteiger partial charge in [0.2, 0.25) is 29.5 Å². The predicted molar refractivity (Wildman–Crippen MR) is 171 cm³/mol. The summed E-state index contributed by atoms with van der Waals surface area (Å²) in [5, 5.41) is 30.0. The van der Waals surface area contributed by atoms with Crippen LogP contribution in [-0.2, 0) is 33.5 Å². The topological polar surface area (TPSA) is 203 Å². The number of nitrogens with zero attached hydrogens (tertiary/aromatic N) is 1. The SMILES string of the molecule is CCCCCCC1OC(=O)CNC(=O)[C@H]([C@H](C)O)NC(=O)[C@H](CO)NC(=O)C([C@H](C)CC)NC(=O)[C@H](CC(C)C)N(C)C(=O)C1C. The molecule has 46 heavy (non-hydrogen) atoms. The molecular weight excluding hydrogens is 598 g/mol. The first-order valence-corrected chi connectivity index (χ1v) is 16.5. The van der Waals surface area contributed by atoms with Crippen molar-refractivity contribution >= 4 is 35.5 Å². The summed E-state index contributed by atoms with van der Waals surface area (Å²) in [4.78, 5) is 81.3. The molecule has 0 aromatic rings. The molecule has 14 heteroatoms. The van der Waals surface area contributed by atoms with Gasteiger partial charge in [0.15, 0.2) is 0 Å². The van der Waals surface area contributed by atoms with E-state index in [0.717, 1.165) is 19.3 Å². The van der Waals surface area contributed by atoms with Gasteiger partial charge in [0, 0.05) is 7.05 Å². The Morgan fingerprint density at radius 1 is 0.870 bits per heavy atom. The highest BCUT2D eigenvalue weighted by atomic mass is 16.5. The van der Waals surface area contributed by atoms with Crippen molar-refractivity contribution in [2.24, 2.45) is 17.8 Å². The van der Waals surface area contributed by atoms with Crippen LogP contribution in [0.15, 0.2) is 0 Å². The number of esters is 1. The summed E-state index contributed by atoms with van der Waals surface area (Å²) in [6.07, 6.45) is 2.37. The lowest BCUT2D eigenvalue weighted by atomic mass is 9.94. The molecule has 1 fully saturated rings. The van der Waals surface area contributed by atoms with Crippen molar-refractivity contribution in [2.75, 3.05) is 20.2 Å². The molecule has 0 aromatic heterocycles. The van der Waals surface area contributed by atoms with Crippen LogP contribution < -0.4 is 21.3 Å². The number of carbonyl (C=O) groups is 6. The summed E-state index contributed by atoms with van der Waals surface area (Å²) in [6.45, 7) is 10.9. The molecule has 3 unspecified atom stereocenters. The van der Waals surface area contributed by atoms with E-state index in [-0.39, 0.29) is 12.3 Å². The number of unbranched alkanes of at least 4 members (excludes halogenated alkanes) is 3. The summed E-state index contributed by atoms with van der Waals surface area (Å²) in [7, 11) is 1.50.